The quantitative estimate of drug-likeness (QED) is 0.270. The molecule has 0 aliphatic rings. The number of aryl methyl sites for hydroxylation is 1. The van der Waals surface area contributed by atoms with Gasteiger partial charge in [0.2, 0.25) is 5.89 Å². The second-order valence-corrected chi connectivity index (χ2v) is 8.63. The largest absolute Gasteiger partial charge is 0.451 e. The Hall–Kier alpha value is -3.35. The highest BCUT2D eigenvalue weighted by molar-refractivity contribution is 9.10. The third kappa shape index (κ3) is 4.07. The van der Waals surface area contributed by atoms with E-state index in [1.807, 2.05) is 49.4 Å². The van der Waals surface area contributed by atoms with E-state index in [0.717, 1.165) is 21.1 Å². The molecule has 0 aliphatic heterocycles. The molecule has 1 N–H and O–H groups in total. The minimum Gasteiger partial charge on any atom is -0.451 e. The molecule has 2 aromatic heterocycles. The first-order chi connectivity index (χ1) is 15.5. The maximum atomic E-state index is 12.8. The molecule has 3 aromatic carbocycles. The van der Waals surface area contributed by atoms with Gasteiger partial charge in [0.25, 0.3) is 5.91 Å². The number of carbonyl (C=O) groups excluding carboxylic acids is 1. The van der Waals surface area contributed by atoms with Crippen LogP contribution in [0.25, 0.3) is 33.9 Å². The number of anilines is 1. The topological polar surface area (TPSA) is 68.3 Å². The van der Waals surface area contributed by atoms with E-state index in [-0.39, 0.29) is 5.76 Å². The molecule has 158 valence electrons. The van der Waals surface area contributed by atoms with E-state index < -0.39 is 5.91 Å². The summed E-state index contributed by atoms with van der Waals surface area (Å²) in [7, 11) is 0. The SMILES string of the molecule is Cc1ccc2nc(-c3ccc(Cl)c(NC(=O)c4ccc(-c5ccc(Br)cc5)o4)c3)oc2c1. The van der Waals surface area contributed by atoms with Gasteiger partial charge in [0.05, 0.1) is 10.7 Å². The molecule has 0 radical (unpaired) electrons. The van der Waals surface area contributed by atoms with Crippen LogP contribution in [0.4, 0.5) is 5.69 Å². The number of hydrogen-bond acceptors (Lipinski definition) is 4. The molecule has 0 atom stereocenters. The first-order valence-corrected chi connectivity index (χ1v) is 11.0. The predicted molar refractivity (Wildman–Crippen MR) is 129 cm³/mol. The van der Waals surface area contributed by atoms with Crippen molar-refractivity contribution < 1.29 is 13.6 Å². The van der Waals surface area contributed by atoms with Gasteiger partial charge in [-0.05, 0) is 67.1 Å². The third-order valence-electron chi connectivity index (χ3n) is 4.96. The fourth-order valence-electron chi connectivity index (χ4n) is 3.32. The zero-order chi connectivity index (χ0) is 22.2. The summed E-state index contributed by atoms with van der Waals surface area (Å²) >= 11 is 9.74. The molecule has 0 bridgehead atoms. The lowest BCUT2D eigenvalue weighted by Crippen LogP contribution is -2.11. The van der Waals surface area contributed by atoms with Crippen molar-refractivity contribution in [2.24, 2.45) is 0 Å². The van der Waals surface area contributed by atoms with Crippen LogP contribution >= 0.6 is 27.5 Å². The lowest BCUT2D eigenvalue weighted by molar-refractivity contribution is 0.0997. The second kappa shape index (κ2) is 8.30. The average molecular weight is 508 g/mol. The minimum atomic E-state index is -0.402. The van der Waals surface area contributed by atoms with E-state index in [2.05, 4.69) is 26.2 Å². The van der Waals surface area contributed by atoms with Gasteiger partial charge >= 0.3 is 0 Å². The van der Waals surface area contributed by atoms with Crippen LogP contribution < -0.4 is 5.32 Å². The molecular weight excluding hydrogens is 492 g/mol. The van der Waals surface area contributed by atoms with Crippen molar-refractivity contribution in [1.29, 1.82) is 0 Å². The van der Waals surface area contributed by atoms with Crippen LogP contribution in [-0.2, 0) is 0 Å². The smallest absolute Gasteiger partial charge is 0.291 e. The van der Waals surface area contributed by atoms with Gasteiger partial charge in [0.15, 0.2) is 11.3 Å². The van der Waals surface area contributed by atoms with Crippen LogP contribution in [0.2, 0.25) is 5.02 Å². The zero-order valence-electron chi connectivity index (χ0n) is 16.9. The highest BCUT2D eigenvalue weighted by Crippen LogP contribution is 2.31. The summed E-state index contributed by atoms with van der Waals surface area (Å²) in [5.41, 5.74) is 4.57. The molecule has 5 rings (SSSR count). The van der Waals surface area contributed by atoms with E-state index in [1.54, 1.807) is 30.3 Å². The Labute approximate surface area is 197 Å². The number of halogens is 2. The van der Waals surface area contributed by atoms with Gasteiger partial charge in [-0.25, -0.2) is 4.98 Å². The molecule has 1 amide bonds. The van der Waals surface area contributed by atoms with E-state index >= 15 is 0 Å². The number of furan rings is 1. The Kier molecular flexibility index (Phi) is 5.33. The van der Waals surface area contributed by atoms with Gasteiger partial charge in [-0.1, -0.05) is 45.7 Å². The monoisotopic (exact) mass is 506 g/mol. The van der Waals surface area contributed by atoms with Gasteiger partial charge in [-0.15, -0.1) is 0 Å². The number of oxazole rings is 1. The summed E-state index contributed by atoms with van der Waals surface area (Å²) in [5, 5.41) is 3.21. The number of aromatic nitrogens is 1. The molecular formula is C25H16BrClN2O3. The number of fused-ring (bicyclic) bond motifs is 1. The number of carbonyl (C=O) groups is 1. The molecule has 0 aliphatic carbocycles. The molecule has 32 heavy (non-hydrogen) atoms. The molecule has 0 saturated heterocycles. The Bertz CT molecular complexity index is 1450. The molecule has 5 aromatic rings. The fraction of sp³-hybridized carbons (Fsp3) is 0.0400. The number of benzene rings is 3. The van der Waals surface area contributed by atoms with Gasteiger partial charge in [0.1, 0.15) is 11.3 Å². The number of rotatable bonds is 4. The molecule has 0 fully saturated rings. The Balaban J connectivity index is 1.40. The number of amides is 1. The van der Waals surface area contributed by atoms with E-state index in [0.29, 0.717) is 33.5 Å². The van der Waals surface area contributed by atoms with Crippen molar-refractivity contribution in [3.8, 4) is 22.8 Å². The van der Waals surface area contributed by atoms with Crippen molar-refractivity contribution in [1.82, 2.24) is 4.98 Å². The molecule has 0 saturated carbocycles. The number of nitrogens with zero attached hydrogens (tertiary/aromatic N) is 1. The molecule has 2 heterocycles. The molecule has 0 unspecified atom stereocenters. The predicted octanol–water partition coefficient (Wildman–Crippen LogP) is 7.73. The van der Waals surface area contributed by atoms with Crippen LogP contribution in [-0.4, -0.2) is 10.9 Å². The summed E-state index contributed by atoms with van der Waals surface area (Å²) < 4.78 is 12.6. The van der Waals surface area contributed by atoms with Crippen LogP contribution in [0.5, 0.6) is 0 Å². The van der Waals surface area contributed by atoms with Crippen LogP contribution in [0.15, 0.2) is 86.1 Å². The van der Waals surface area contributed by atoms with Crippen LogP contribution in [0, 0.1) is 6.92 Å². The van der Waals surface area contributed by atoms with E-state index in [9.17, 15) is 4.79 Å². The second-order valence-electron chi connectivity index (χ2n) is 7.31. The summed E-state index contributed by atoms with van der Waals surface area (Å²) in [6, 6.07) is 22.1. The van der Waals surface area contributed by atoms with E-state index in [4.69, 9.17) is 20.4 Å². The summed E-state index contributed by atoms with van der Waals surface area (Å²) in [4.78, 5) is 17.3. The maximum Gasteiger partial charge on any atom is 0.291 e. The van der Waals surface area contributed by atoms with E-state index in [1.165, 1.54) is 0 Å². The van der Waals surface area contributed by atoms with Gasteiger partial charge in [-0.3, -0.25) is 4.79 Å². The lowest BCUT2D eigenvalue weighted by atomic mass is 10.2. The summed E-state index contributed by atoms with van der Waals surface area (Å²) in [5.74, 6) is 0.833. The lowest BCUT2D eigenvalue weighted by Gasteiger charge is -2.07. The number of nitrogens with one attached hydrogen (secondary N) is 1. The van der Waals surface area contributed by atoms with Crippen LogP contribution in [0.1, 0.15) is 16.1 Å². The van der Waals surface area contributed by atoms with Crippen molar-refractivity contribution in [2.75, 3.05) is 5.32 Å². The van der Waals surface area contributed by atoms with Gasteiger partial charge < -0.3 is 14.2 Å². The van der Waals surface area contributed by atoms with Gasteiger partial charge in [0, 0.05) is 15.6 Å². The van der Waals surface area contributed by atoms with Crippen molar-refractivity contribution >= 4 is 50.2 Å². The first-order valence-electron chi connectivity index (χ1n) is 9.80. The summed E-state index contributed by atoms with van der Waals surface area (Å²) in [6.07, 6.45) is 0. The first kappa shape index (κ1) is 20.5. The van der Waals surface area contributed by atoms with Gasteiger partial charge in [-0.2, -0.15) is 0 Å². The normalized spacial score (nSPS) is 11.1. The van der Waals surface area contributed by atoms with Crippen molar-refractivity contribution in [2.45, 2.75) is 6.92 Å². The molecule has 0 spiro atoms. The average Bonchev–Trinajstić information content (AvgIpc) is 3.43. The Morgan fingerprint density at radius 1 is 0.938 bits per heavy atom. The Morgan fingerprint density at radius 2 is 1.72 bits per heavy atom. The fourth-order valence-corrected chi connectivity index (χ4v) is 3.75. The highest BCUT2D eigenvalue weighted by atomic mass is 79.9. The highest BCUT2D eigenvalue weighted by Gasteiger charge is 2.16. The van der Waals surface area contributed by atoms with Crippen molar-refractivity contribution in [3.63, 3.8) is 0 Å². The molecule has 5 nitrogen and oxygen atoms in total. The standard InChI is InChI=1S/C25H16BrClN2O3/c1-14-2-9-19-23(12-14)32-25(29-19)16-5-8-18(27)20(13-16)28-24(30)22-11-10-21(31-22)15-3-6-17(26)7-4-15/h2-13H,1H3,(H,28,30). The maximum absolute atomic E-state index is 12.8. The zero-order valence-corrected chi connectivity index (χ0v) is 19.2. The summed E-state index contributed by atoms with van der Waals surface area (Å²) in [6.45, 7) is 1.99. The number of hydrogen-bond donors (Lipinski definition) is 1. The minimum absolute atomic E-state index is 0.182. The van der Waals surface area contributed by atoms with Crippen molar-refractivity contribution in [3.05, 3.63) is 93.6 Å². The molecule has 7 heteroatoms. The third-order valence-corrected chi connectivity index (χ3v) is 5.82. The van der Waals surface area contributed by atoms with Crippen LogP contribution in [0.3, 0.4) is 0 Å². The Morgan fingerprint density at radius 3 is 2.53 bits per heavy atom.